The monoisotopic (exact) mass is 471 g/mol. The fourth-order valence-corrected chi connectivity index (χ4v) is 4.73. The topological polar surface area (TPSA) is 88.1 Å². The third-order valence-electron chi connectivity index (χ3n) is 5.35. The first-order valence-corrected chi connectivity index (χ1v) is 11.9. The molecule has 0 spiro atoms. The highest BCUT2D eigenvalue weighted by atomic mass is 32.2. The van der Waals surface area contributed by atoms with Crippen molar-refractivity contribution in [2.45, 2.75) is 36.9 Å². The largest absolute Gasteiger partial charge is 0.484 e. The van der Waals surface area contributed by atoms with Crippen LogP contribution in [0.4, 0.5) is 0 Å². The van der Waals surface area contributed by atoms with E-state index in [9.17, 15) is 0 Å². The maximum atomic E-state index is 6.26. The van der Waals surface area contributed by atoms with Crippen LogP contribution >= 0.6 is 11.8 Å². The van der Waals surface area contributed by atoms with Crippen molar-refractivity contribution in [2.24, 2.45) is 5.73 Å². The number of thioether (sulfide) groups is 1. The molecule has 4 heterocycles. The van der Waals surface area contributed by atoms with E-state index in [1.807, 2.05) is 55.2 Å². The highest BCUT2D eigenvalue weighted by Gasteiger charge is 2.23. The van der Waals surface area contributed by atoms with Gasteiger partial charge in [0.1, 0.15) is 17.4 Å². The van der Waals surface area contributed by atoms with E-state index < -0.39 is 5.54 Å². The molecule has 8 heteroatoms. The molecule has 4 aromatic rings. The van der Waals surface area contributed by atoms with Crippen molar-refractivity contribution in [3.05, 3.63) is 71.8 Å². The maximum absolute atomic E-state index is 6.26. The molecule has 5 rings (SSSR count). The van der Waals surface area contributed by atoms with Gasteiger partial charge in [-0.25, -0.2) is 15.0 Å². The van der Waals surface area contributed by atoms with Gasteiger partial charge in [-0.15, -0.1) is 11.8 Å². The van der Waals surface area contributed by atoms with Gasteiger partial charge in [-0.2, -0.15) is 0 Å². The molecule has 1 aromatic carbocycles. The third-order valence-corrected chi connectivity index (χ3v) is 6.44. The lowest BCUT2D eigenvalue weighted by molar-refractivity contribution is 0.219. The van der Waals surface area contributed by atoms with Crippen LogP contribution in [0.15, 0.2) is 60.0 Å². The summed E-state index contributed by atoms with van der Waals surface area (Å²) < 4.78 is 13.4. The molecule has 0 aliphatic carbocycles. The molecule has 0 radical (unpaired) electrons. The molecule has 1 aliphatic heterocycles. The van der Waals surface area contributed by atoms with Crippen LogP contribution in [-0.2, 0) is 6.54 Å². The van der Waals surface area contributed by atoms with Crippen LogP contribution < -0.4 is 15.2 Å². The summed E-state index contributed by atoms with van der Waals surface area (Å²) in [6.45, 7) is 4.42. The lowest BCUT2D eigenvalue weighted by atomic mass is 10.1. The fraction of sp³-hybridized carbons (Fsp3) is 0.269. The van der Waals surface area contributed by atoms with E-state index in [0.717, 1.165) is 44.3 Å². The Morgan fingerprint density at radius 2 is 2.06 bits per heavy atom. The predicted octanol–water partition coefficient (Wildman–Crippen LogP) is 4.20. The van der Waals surface area contributed by atoms with E-state index in [4.69, 9.17) is 15.2 Å². The van der Waals surface area contributed by atoms with Crippen LogP contribution in [0.1, 0.15) is 36.6 Å². The molecule has 0 amide bonds. The van der Waals surface area contributed by atoms with Crippen LogP contribution in [0.25, 0.3) is 11.2 Å². The summed E-state index contributed by atoms with van der Waals surface area (Å²) in [5.74, 6) is 8.42. The van der Waals surface area contributed by atoms with Gasteiger partial charge in [0.2, 0.25) is 5.88 Å². The molecular weight excluding hydrogens is 446 g/mol. The Morgan fingerprint density at radius 1 is 1.18 bits per heavy atom. The molecule has 0 saturated carbocycles. The summed E-state index contributed by atoms with van der Waals surface area (Å²) in [6.07, 6.45) is 5.36. The van der Waals surface area contributed by atoms with Crippen LogP contribution in [0.3, 0.4) is 0 Å². The van der Waals surface area contributed by atoms with Crippen LogP contribution in [0.2, 0.25) is 0 Å². The predicted molar refractivity (Wildman–Crippen MR) is 133 cm³/mol. The minimum Gasteiger partial charge on any atom is -0.484 e. The molecule has 7 nitrogen and oxygen atoms in total. The zero-order valence-corrected chi connectivity index (χ0v) is 20.1. The van der Waals surface area contributed by atoms with Crippen molar-refractivity contribution in [3.8, 4) is 23.5 Å². The Bertz CT molecular complexity index is 1400. The molecule has 172 valence electrons. The van der Waals surface area contributed by atoms with Gasteiger partial charge < -0.3 is 19.8 Å². The van der Waals surface area contributed by atoms with E-state index in [1.165, 1.54) is 0 Å². The number of imidazole rings is 1. The van der Waals surface area contributed by atoms with E-state index in [0.29, 0.717) is 12.4 Å². The minimum atomic E-state index is -0.548. The standard InChI is InChI=1S/C26H25N5O2S/c1-26(2,27)9-8-17-10-20-25(29-12-17)31(16-30-20)14-18-4-6-21-23(11-18)34-15-22(33-21)19-5-7-24(32-3)28-13-19/h4-7,10-13,16,22H,14-15,27H2,1-3H3. The summed E-state index contributed by atoms with van der Waals surface area (Å²) in [7, 11) is 1.61. The van der Waals surface area contributed by atoms with Gasteiger partial charge in [0, 0.05) is 40.2 Å². The Hall–Kier alpha value is -3.54. The van der Waals surface area contributed by atoms with E-state index in [1.54, 1.807) is 25.1 Å². The molecule has 0 fully saturated rings. The molecule has 2 N–H and O–H groups in total. The SMILES string of the molecule is COc1ccc(C2CSc3cc(Cn4cnc5cc(C#CC(C)(C)N)cnc54)ccc3O2)cn1. The number of nitrogens with two attached hydrogens (primary N) is 1. The average Bonchev–Trinajstić information content (AvgIpc) is 3.24. The Morgan fingerprint density at radius 3 is 2.82 bits per heavy atom. The smallest absolute Gasteiger partial charge is 0.212 e. The first-order chi connectivity index (χ1) is 16.4. The summed E-state index contributed by atoms with van der Waals surface area (Å²) in [6, 6.07) is 12.1. The molecule has 1 unspecified atom stereocenters. The fourth-order valence-electron chi connectivity index (χ4n) is 3.64. The molecule has 1 atom stereocenters. The van der Waals surface area contributed by atoms with Gasteiger partial charge in [-0.1, -0.05) is 17.9 Å². The third kappa shape index (κ3) is 4.86. The van der Waals surface area contributed by atoms with Crippen molar-refractivity contribution >= 4 is 22.9 Å². The number of aromatic nitrogens is 4. The van der Waals surface area contributed by atoms with E-state index >= 15 is 0 Å². The van der Waals surface area contributed by atoms with Crippen molar-refractivity contribution < 1.29 is 9.47 Å². The zero-order valence-electron chi connectivity index (χ0n) is 19.3. The molecule has 0 saturated heterocycles. The van der Waals surface area contributed by atoms with Gasteiger partial charge in [-0.05, 0) is 43.7 Å². The maximum Gasteiger partial charge on any atom is 0.212 e. The Labute approximate surface area is 202 Å². The molecular formula is C26H25N5O2S. The summed E-state index contributed by atoms with van der Waals surface area (Å²) in [5, 5.41) is 0. The van der Waals surface area contributed by atoms with Gasteiger partial charge in [0.05, 0.1) is 25.5 Å². The quantitative estimate of drug-likeness (QED) is 0.446. The van der Waals surface area contributed by atoms with Crippen molar-refractivity contribution in [3.63, 3.8) is 0 Å². The first kappa shape index (κ1) is 22.3. The number of nitrogens with zero attached hydrogens (tertiary/aromatic N) is 4. The lowest BCUT2D eigenvalue weighted by Gasteiger charge is -2.26. The van der Waals surface area contributed by atoms with Crippen LogP contribution in [-0.4, -0.2) is 37.9 Å². The highest BCUT2D eigenvalue weighted by molar-refractivity contribution is 7.99. The number of ether oxygens (including phenoxy) is 2. The number of fused-ring (bicyclic) bond motifs is 2. The van der Waals surface area contributed by atoms with Crippen LogP contribution in [0, 0.1) is 11.8 Å². The second-order valence-corrected chi connectivity index (χ2v) is 9.81. The summed E-state index contributed by atoms with van der Waals surface area (Å²) in [4.78, 5) is 14.5. The number of rotatable bonds is 4. The molecule has 1 aliphatic rings. The van der Waals surface area contributed by atoms with Gasteiger partial charge in [0.25, 0.3) is 0 Å². The normalized spacial score (nSPS) is 15.2. The van der Waals surface area contributed by atoms with Crippen molar-refractivity contribution in [1.29, 1.82) is 0 Å². The molecule has 0 bridgehead atoms. The highest BCUT2D eigenvalue weighted by Crippen LogP contribution is 2.41. The second-order valence-electron chi connectivity index (χ2n) is 8.74. The lowest BCUT2D eigenvalue weighted by Crippen LogP contribution is -2.29. The first-order valence-electron chi connectivity index (χ1n) is 10.9. The number of pyridine rings is 2. The Kier molecular flexibility index (Phi) is 5.90. The average molecular weight is 472 g/mol. The summed E-state index contributed by atoms with van der Waals surface area (Å²) in [5.41, 5.74) is 10.0. The minimum absolute atomic E-state index is 0.0364. The van der Waals surface area contributed by atoms with E-state index in [2.05, 4.69) is 38.9 Å². The Balaban J connectivity index is 1.32. The molecule has 34 heavy (non-hydrogen) atoms. The number of methoxy groups -OCH3 is 1. The van der Waals surface area contributed by atoms with Crippen molar-refractivity contribution in [1.82, 2.24) is 19.5 Å². The number of hydrogen-bond acceptors (Lipinski definition) is 7. The molecule has 3 aromatic heterocycles. The zero-order chi connectivity index (χ0) is 23.7. The second kappa shape index (κ2) is 9.01. The van der Waals surface area contributed by atoms with Gasteiger partial charge in [0.15, 0.2) is 5.65 Å². The van der Waals surface area contributed by atoms with Gasteiger partial charge >= 0.3 is 0 Å². The number of hydrogen-bond donors (Lipinski definition) is 1. The van der Waals surface area contributed by atoms with Crippen molar-refractivity contribution in [2.75, 3.05) is 12.9 Å². The summed E-state index contributed by atoms with van der Waals surface area (Å²) >= 11 is 1.79. The van der Waals surface area contributed by atoms with E-state index in [-0.39, 0.29) is 6.10 Å². The number of benzene rings is 1. The van der Waals surface area contributed by atoms with Gasteiger partial charge in [-0.3, -0.25) is 0 Å². The van der Waals surface area contributed by atoms with Crippen LogP contribution in [0.5, 0.6) is 11.6 Å².